The van der Waals surface area contributed by atoms with Crippen LogP contribution in [0.2, 0.25) is 0 Å². The lowest BCUT2D eigenvalue weighted by Crippen LogP contribution is -1.98. The maximum Gasteiger partial charge on any atom is 0.124 e. The van der Waals surface area contributed by atoms with Gasteiger partial charge in [-0.2, -0.15) is 0 Å². The molecule has 0 saturated carbocycles. The lowest BCUT2D eigenvalue weighted by atomic mass is 10.2. The molecule has 6 rings (SSSR count). The van der Waals surface area contributed by atoms with Gasteiger partial charge in [-0.1, -0.05) is 24.3 Å². The summed E-state index contributed by atoms with van der Waals surface area (Å²) in [5.41, 5.74) is 4.28. The van der Waals surface area contributed by atoms with Crippen LogP contribution in [0.3, 0.4) is 0 Å². The smallest absolute Gasteiger partial charge is 0.124 e. The molecule has 0 aliphatic carbocycles. The van der Waals surface area contributed by atoms with Gasteiger partial charge in [0.1, 0.15) is 12.4 Å². The van der Waals surface area contributed by atoms with Crippen LogP contribution in [0, 0.1) is 0 Å². The molecule has 0 fully saturated rings. The lowest BCUT2D eigenvalue weighted by molar-refractivity contribution is 0.307. The van der Waals surface area contributed by atoms with Gasteiger partial charge in [-0.15, -0.1) is 34.0 Å². The van der Waals surface area contributed by atoms with Gasteiger partial charge in [0.05, 0.1) is 27.7 Å². The molecule has 0 spiro atoms. The normalized spacial score (nSPS) is 11.0. The van der Waals surface area contributed by atoms with Gasteiger partial charge >= 0.3 is 0 Å². The van der Waals surface area contributed by atoms with E-state index < -0.39 is 0 Å². The van der Waals surface area contributed by atoms with E-state index in [9.17, 15) is 0 Å². The predicted molar refractivity (Wildman–Crippen MR) is 146 cm³/mol. The second-order valence-corrected chi connectivity index (χ2v) is 10.7. The van der Waals surface area contributed by atoms with E-state index in [0.29, 0.717) is 6.61 Å². The van der Waals surface area contributed by atoms with E-state index in [0.717, 1.165) is 28.5 Å². The fourth-order valence-corrected chi connectivity index (χ4v) is 6.61. The molecule has 4 nitrogen and oxygen atoms in total. The number of nitrogens with zero attached hydrogens (tertiary/aromatic N) is 3. The van der Waals surface area contributed by atoms with Crippen molar-refractivity contribution in [2.75, 3.05) is 0 Å². The fraction of sp³-hybridized carbons (Fsp3) is 0.0357. The SMILES string of the molecule is c1ccc(-c2cc(OCc3cc(-c4cccs4)sc3-c3cccs3)cc(-c3ccccn3)n2)nc1. The van der Waals surface area contributed by atoms with E-state index in [4.69, 9.17) is 9.72 Å². The molecule has 0 atom stereocenters. The van der Waals surface area contributed by atoms with Gasteiger partial charge in [0.15, 0.2) is 0 Å². The van der Waals surface area contributed by atoms with Crippen LogP contribution < -0.4 is 4.74 Å². The molecule has 170 valence electrons. The minimum Gasteiger partial charge on any atom is -0.489 e. The Hall–Kier alpha value is -3.65. The van der Waals surface area contributed by atoms with Gasteiger partial charge in [0.2, 0.25) is 0 Å². The summed E-state index contributed by atoms with van der Waals surface area (Å²) in [6.07, 6.45) is 3.55. The predicted octanol–water partition coefficient (Wildman–Crippen LogP) is 8.30. The number of pyridine rings is 3. The second kappa shape index (κ2) is 9.92. The molecule has 35 heavy (non-hydrogen) atoms. The summed E-state index contributed by atoms with van der Waals surface area (Å²) in [5, 5.41) is 4.23. The van der Waals surface area contributed by atoms with Gasteiger partial charge in [0.25, 0.3) is 0 Å². The van der Waals surface area contributed by atoms with Gasteiger partial charge in [0, 0.05) is 44.7 Å². The summed E-state index contributed by atoms with van der Waals surface area (Å²) >= 11 is 5.33. The van der Waals surface area contributed by atoms with Gasteiger partial charge in [-0.25, -0.2) is 4.98 Å². The summed E-state index contributed by atoms with van der Waals surface area (Å²) < 4.78 is 6.40. The maximum atomic E-state index is 6.40. The van der Waals surface area contributed by atoms with Gasteiger partial charge < -0.3 is 4.74 Å². The van der Waals surface area contributed by atoms with Crippen molar-refractivity contribution < 1.29 is 4.74 Å². The lowest BCUT2D eigenvalue weighted by Gasteiger charge is -2.11. The van der Waals surface area contributed by atoms with E-state index >= 15 is 0 Å². The molecule has 0 unspecified atom stereocenters. The van der Waals surface area contributed by atoms with E-state index in [-0.39, 0.29) is 0 Å². The first-order valence-corrected chi connectivity index (χ1v) is 13.6. The van der Waals surface area contributed by atoms with Crippen LogP contribution in [0.4, 0.5) is 0 Å². The van der Waals surface area contributed by atoms with E-state index in [2.05, 4.69) is 51.1 Å². The molecule has 0 aliphatic heterocycles. The molecular formula is C28H19N3OS3. The third-order valence-corrected chi connectivity index (χ3v) is 8.66. The highest BCUT2D eigenvalue weighted by atomic mass is 32.1. The van der Waals surface area contributed by atoms with Crippen molar-refractivity contribution >= 4 is 34.0 Å². The second-order valence-electron chi connectivity index (χ2n) is 7.71. The van der Waals surface area contributed by atoms with Crippen LogP contribution in [0.25, 0.3) is 42.3 Å². The first-order chi connectivity index (χ1) is 17.3. The Balaban J connectivity index is 1.36. The summed E-state index contributed by atoms with van der Waals surface area (Å²) in [7, 11) is 0. The quantitative estimate of drug-likeness (QED) is 0.217. The van der Waals surface area contributed by atoms with Crippen molar-refractivity contribution in [2.24, 2.45) is 0 Å². The minimum absolute atomic E-state index is 0.461. The molecule has 0 N–H and O–H groups in total. The van der Waals surface area contributed by atoms with Crippen LogP contribution in [-0.2, 0) is 6.61 Å². The molecule has 0 amide bonds. The molecule has 6 aromatic heterocycles. The Morgan fingerprint density at radius 2 is 1.29 bits per heavy atom. The molecule has 0 saturated heterocycles. The van der Waals surface area contributed by atoms with Crippen LogP contribution >= 0.6 is 34.0 Å². The molecule has 0 radical (unpaired) electrons. The minimum atomic E-state index is 0.461. The van der Waals surface area contributed by atoms with Crippen molar-refractivity contribution in [1.82, 2.24) is 15.0 Å². The number of aromatic nitrogens is 3. The zero-order valence-electron chi connectivity index (χ0n) is 18.5. The zero-order valence-corrected chi connectivity index (χ0v) is 20.9. The Morgan fingerprint density at radius 3 is 1.86 bits per heavy atom. The Bertz CT molecular complexity index is 1470. The summed E-state index contributed by atoms with van der Waals surface area (Å²) in [5.74, 6) is 0.738. The standard InChI is InChI=1S/C28H19N3OS3/c1-3-11-29-21(7-1)23-16-20(17-24(31-23)22-8-2-4-12-30-22)32-18-19-15-27(25-9-5-13-33-25)35-28(19)26-10-6-14-34-26/h1-17H,18H2. The average molecular weight is 510 g/mol. The molecule has 0 aliphatic rings. The van der Waals surface area contributed by atoms with Crippen LogP contribution in [-0.4, -0.2) is 15.0 Å². The third kappa shape index (κ3) is 4.79. The van der Waals surface area contributed by atoms with Crippen molar-refractivity contribution in [3.63, 3.8) is 0 Å². The Kier molecular flexibility index (Phi) is 6.19. The summed E-state index contributed by atoms with van der Waals surface area (Å²) in [6.45, 7) is 0.461. The topological polar surface area (TPSA) is 47.9 Å². The molecular weight excluding hydrogens is 491 g/mol. The largest absolute Gasteiger partial charge is 0.489 e. The van der Waals surface area contributed by atoms with Crippen molar-refractivity contribution in [3.05, 3.63) is 108 Å². The first-order valence-electron chi connectivity index (χ1n) is 11.0. The first kappa shape index (κ1) is 21.9. The number of rotatable bonds is 7. The maximum absolute atomic E-state index is 6.40. The molecule has 0 bridgehead atoms. The summed E-state index contributed by atoms with van der Waals surface area (Å²) in [6, 6.07) is 26.3. The highest BCUT2D eigenvalue weighted by Gasteiger charge is 2.16. The number of ether oxygens (including phenoxy) is 1. The fourth-order valence-electron chi connectivity index (χ4n) is 3.73. The van der Waals surface area contributed by atoms with Crippen molar-refractivity contribution in [1.29, 1.82) is 0 Å². The molecule has 0 aromatic carbocycles. The van der Waals surface area contributed by atoms with E-state index in [1.807, 2.05) is 59.9 Å². The van der Waals surface area contributed by atoms with Crippen molar-refractivity contribution in [3.8, 4) is 48.0 Å². The highest BCUT2D eigenvalue weighted by molar-refractivity contribution is 7.26. The van der Waals surface area contributed by atoms with E-state index in [1.54, 1.807) is 35.1 Å². The summed E-state index contributed by atoms with van der Waals surface area (Å²) in [4.78, 5) is 18.9. The van der Waals surface area contributed by atoms with E-state index in [1.165, 1.54) is 25.1 Å². The zero-order chi connectivity index (χ0) is 23.5. The Labute approximate surface area is 215 Å². The van der Waals surface area contributed by atoms with Crippen LogP contribution in [0.1, 0.15) is 5.56 Å². The number of thiophene rings is 3. The number of hydrogen-bond donors (Lipinski definition) is 0. The monoisotopic (exact) mass is 509 g/mol. The van der Waals surface area contributed by atoms with Crippen LogP contribution in [0.5, 0.6) is 5.75 Å². The van der Waals surface area contributed by atoms with Crippen molar-refractivity contribution in [2.45, 2.75) is 6.61 Å². The highest BCUT2D eigenvalue weighted by Crippen LogP contribution is 2.42. The van der Waals surface area contributed by atoms with Gasteiger partial charge in [-0.3, -0.25) is 9.97 Å². The Morgan fingerprint density at radius 1 is 0.629 bits per heavy atom. The number of hydrogen-bond acceptors (Lipinski definition) is 7. The molecule has 7 heteroatoms. The van der Waals surface area contributed by atoms with Gasteiger partial charge in [-0.05, 0) is 53.2 Å². The third-order valence-electron chi connectivity index (χ3n) is 5.37. The molecule has 6 aromatic rings. The average Bonchev–Trinajstić information content (AvgIpc) is 3.70. The molecule has 6 heterocycles. The van der Waals surface area contributed by atoms with Crippen LogP contribution in [0.15, 0.2) is 102 Å².